The fourth-order valence-electron chi connectivity index (χ4n) is 2.30. The van der Waals surface area contributed by atoms with E-state index in [-0.39, 0.29) is 17.0 Å². The molecule has 20 heavy (non-hydrogen) atoms. The van der Waals surface area contributed by atoms with Gasteiger partial charge in [0.05, 0.1) is 0 Å². The number of hydrogen-bond acceptors (Lipinski definition) is 3. The third-order valence-electron chi connectivity index (χ3n) is 3.56. The lowest BCUT2D eigenvalue weighted by molar-refractivity contribution is 0.238. The second-order valence-corrected chi connectivity index (χ2v) is 7.66. The van der Waals surface area contributed by atoms with Crippen LogP contribution < -0.4 is 10.0 Å². The minimum atomic E-state index is -3.89. The second kappa shape index (κ2) is 5.97. The minimum absolute atomic E-state index is 0.152. The van der Waals surface area contributed by atoms with Crippen molar-refractivity contribution >= 4 is 21.6 Å². The van der Waals surface area contributed by atoms with E-state index in [4.69, 9.17) is 11.6 Å². The average molecular weight is 321 g/mol. The van der Waals surface area contributed by atoms with Crippen molar-refractivity contribution in [2.45, 2.75) is 24.7 Å². The van der Waals surface area contributed by atoms with Gasteiger partial charge < -0.3 is 5.32 Å². The normalized spacial score (nSPS) is 23.8. The van der Waals surface area contributed by atoms with Crippen LogP contribution in [-0.2, 0) is 10.0 Å². The van der Waals surface area contributed by atoms with E-state index < -0.39 is 20.7 Å². The van der Waals surface area contributed by atoms with E-state index in [2.05, 4.69) is 10.0 Å². The van der Waals surface area contributed by atoms with Gasteiger partial charge in [0.2, 0.25) is 10.0 Å². The molecule has 2 N–H and O–H groups in total. The number of piperidine rings is 1. The van der Waals surface area contributed by atoms with Gasteiger partial charge in [0.1, 0.15) is 10.7 Å². The van der Waals surface area contributed by atoms with E-state index >= 15 is 0 Å². The van der Waals surface area contributed by atoms with Gasteiger partial charge in [-0.1, -0.05) is 18.5 Å². The summed E-state index contributed by atoms with van der Waals surface area (Å²) in [6, 6.07) is 3.50. The second-order valence-electron chi connectivity index (χ2n) is 5.49. The number of halogens is 2. The summed E-state index contributed by atoms with van der Waals surface area (Å²) in [6.45, 7) is 3.98. The highest BCUT2D eigenvalue weighted by Gasteiger charge is 2.29. The van der Waals surface area contributed by atoms with E-state index in [1.807, 2.05) is 6.92 Å². The van der Waals surface area contributed by atoms with Gasteiger partial charge >= 0.3 is 0 Å². The lowest BCUT2D eigenvalue weighted by atomic mass is 9.83. The maximum absolute atomic E-state index is 13.6. The Morgan fingerprint density at radius 3 is 2.90 bits per heavy atom. The minimum Gasteiger partial charge on any atom is -0.316 e. The molecule has 7 heteroatoms. The summed E-state index contributed by atoms with van der Waals surface area (Å²) in [7, 11) is -3.89. The predicted molar refractivity (Wildman–Crippen MR) is 76.8 cm³/mol. The molecule has 1 aliphatic rings. The molecule has 0 bridgehead atoms. The summed E-state index contributed by atoms with van der Waals surface area (Å²) in [5, 5.41) is 3.43. The fraction of sp³-hybridized carbons (Fsp3) is 0.538. The van der Waals surface area contributed by atoms with E-state index in [9.17, 15) is 12.8 Å². The SMILES string of the molecule is CC1(CNS(=O)(=O)c2cc(Cl)ccc2F)CCCNC1. The van der Waals surface area contributed by atoms with Gasteiger partial charge in [0.25, 0.3) is 0 Å². The smallest absolute Gasteiger partial charge is 0.243 e. The molecule has 1 atom stereocenters. The molecule has 0 aromatic heterocycles. The number of benzene rings is 1. The van der Waals surface area contributed by atoms with Gasteiger partial charge in [-0.3, -0.25) is 0 Å². The van der Waals surface area contributed by atoms with Crippen LogP contribution in [0.3, 0.4) is 0 Å². The van der Waals surface area contributed by atoms with Crippen LogP contribution in [0, 0.1) is 11.2 Å². The standard InChI is InChI=1S/C13H18ClFN2O2S/c1-13(5-2-6-16-8-13)9-17-20(18,19)12-7-10(14)3-4-11(12)15/h3-4,7,16-17H,2,5-6,8-9H2,1H3. The molecule has 1 heterocycles. The third kappa shape index (κ3) is 3.69. The van der Waals surface area contributed by atoms with Gasteiger partial charge in [0.15, 0.2) is 0 Å². The fourth-order valence-corrected chi connectivity index (χ4v) is 3.84. The summed E-state index contributed by atoms with van der Waals surface area (Å²) in [4.78, 5) is -0.405. The molecule has 1 saturated heterocycles. The zero-order valence-electron chi connectivity index (χ0n) is 11.2. The topological polar surface area (TPSA) is 58.2 Å². The Kier molecular flexibility index (Phi) is 4.69. The number of sulfonamides is 1. The van der Waals surface area contributed by atoms with Crippen molar-refractivity contribution in [1.82, 2.24) is 10.0 Å². The molecule has 0 saturated carbocycles. The van der Waals surface area contributed by atoms with Crippen LogP contribution in [-0.4, -0.2) is 28.1 Å². The Balaban J connectivity index is 2.13. The number of nitrogens with one attached hydrogen (secondary N) is 2. The molecule has 0 radical (unpaired) electrons. The predicted octanol–water partition coefficient (Wildman–Crippen LogP) is 2.15. The Labute approximate surface area is 123 Å². The van der Waals surface area contributed by atoms with Crippen LogP contribution in [0.5, 0.6) is 0 Å². The van der Waals surface area contributed by atoms with Crippen molar-refractivity contribution in [1.29, 1.82) is 0 Å². The molecule has 1 aromatic rings. The van der Waals surface area contributed by atoms with E-state index in [1.54, 1.807) is 0 Å². The Morgan fingerprint density at radius 2 is 2.25 bits per heavy atom. The zero-order valence-corrected chi connectivity index (χ0v) is 12.8. The first kappa shape index (κ1) is 15.7. The van der Waals surface area contributed by atoms with Crippen LogP contribution in [0.4, 0.5) is 4.39 Å². The molecule has 0 spiro atoms. The summed E-state index contributed by atoms with van der Waals surface area (Å²) in [5.74, 6) is -0.797. The van der Waals surface area contributed by atoms with Crippen LogP contribution in [0.2, 0.25) is 5.02 Å². The zero-order chi connectivity index (χ0) is 14.8. The molecule has 1 aromatic carbocycles. The van der Waals surface area contributed by atoms with Crippen molar-refractivity contribution in [2.75, 3.05) is 19.6 Å². The first-order chi connectivity index (χ1) is 9.32. The Morgan fingerprint density at radius 1 is 1.50 bits per heavy atom. The maximum Gasteiger partial charge on any atom is 0.243 e. The van der Waals surface area contributed by atoms with Crippen LogP contribution in [0.1, 0.15) is 19.8 Å². The average Bonchev–Trinajstić information content (AvgIpc) is 2.40. The molecule has 0 aliphatic carbocycles. The van der Waals surface area contributed by atoms with Gasteiger partial charge in [-0.15, -0.1) is 0 Å². The van der Waals surface area contributed by atoms with Crippen molar-refractivity contribution in [2.24, 2.45) is 5.41 Å². The molecular weight excluding hydrogens is 303 g/mol. The molecule has 2 rings (SSSR count). The lowest BCUT2D eigenvalue weighted by Gasteiger charge is -2.34. The molecule has 1 unspecified atom stereocenters. The van der Waals surface area contributed by atoms with Crippen molar-refractivity contribution in [3.8, 4) is 0 Å². The maximum atomic E-state index is 13.6. The molecule has 112 valence electrons. The number of hydrogen-bond donors (Lipinski definition) is 2. The highest BCUT2D eigenvalue weighted by Crippen LogP contribution is 2.26. The van der Waals surface area contributed by atoms with Crippen molar-refractivity contribution in [3.63, 3.8) is 0 Å². The Bertz CT molecular complexity index is 586. The lowest BCUT2D eigenvalue weighted by Crippen LogP contribution is -2.45. The first-order valence-electron chi connectivity index (χ1n) is 6.48. The first-order valence-corrected chi connectivity index (χ1v) is 8.34. The summed E-state index contributed by atoms with van der Waals surface area (Å²) < 4.78 is 40.4. The number of rotatable bonds is 4. The van der Waals surface area contributed by atoms with Crippen LogP contribution in [0.25, 0.3) is 0 Å². The van der Waals surface area contributed by atoms with Gasteiger partial charge in [0, 0.05) is 18.1 Å². The van der Waals surface area contributed by atoms with Crippen molar-refractivity contribution in [3.05, 3.63) is 29.0 Å². The third-order valence-corrected chi connectivity index (χ3v) is 5.21. The monoisotopic (exact) mass is 320 g/mol. The van der Waals surface area contributed by atoms with Crippen molar-refractivity contribution < 1.29 is 12.8 Å². The quantitative estimate of drug-likeness (QED) is 0.893. The van der Waals surface area contributed by atoms with Gasteiger partial charge in [-0.2, -0.15) is 0 Å². The Hall–Kier alpha value is -0.690. The molecule has 1 aliphatic heterocycles. The summed E-state index contributed by atoms with van der Waals surface area (Å²) in [6.07, 6.45) is 1.93. The van der Waals surface area contributed by atoms with E-state index in [0.717, 1.165) is 38.1 Å². The van der Waals surface area contributed by atoms with Gasteiger partial charge in [-0.05, 0) is 43.0 Å². The van der Waals surface area contributed by atoms with E-state index in [0.29, 0.717) is 0 Å². The van der Waals surface area contributed by atoms with Crippen LogP contribution >= 0.6 is 11.6 Å². The van der Waals surface area contributed by atoms with E-state index in [1.165, 1.54) is 6.07 Å². The molecule has 4 nitrogen and oxygen atoms in total. The highest BCUT2D eigenvalue weighted by molar-refractivity contribution is 7.89. The van der Waals surface area contributed by atoms with Crippen LogP contribution in [0.15, 0.2) is 23.1 Å². The summed E-state index contributed by atoms with van der Waals surface area (Å²) >= 11 is 5.73. The molecule has 0 amide bonds. The largest absolute Gasteiger partial charge is 0.316 e. The molecular formula is C13H18ClFN2O2S. The highest BCUT2D eigenvalue weighted by atomic mass is 35.5. The van der Waals surface area contributed by atoms with Gasteiger partial charge in [-0.25, -0.2) is 17.5 Å². The summed E-state index contributed by atoms with van der Waals surface area (Å²) in [5.41, 5.74) is -0.152. The molecule has 1 fully saturated rings.